The molecular weight excluding hydrogens is 405 g/mol. The van der Waals surface area contributed by atoms with Crippen LogP contribution in [0.5, 0.6) is 0 Å². The highest BCUT2D eigenvalue weighted by molar-refractivity contribution is 5.94. The van der Waals surface area contributed by atoms with Crippen molar-refractivity contribution in [3.05, 3.63) is 46.5 Å². The van der Waals surface area contributed by atoms with Crippen LogP contribution in [0.15, 0.2) is 18.2 Å². The van der Waals surface area contributed by atoms with Crippen LogP contribution in [0.4, 0.5) is 4.39 Å². The Morgan fingerprint density at radius 2 is 2.00 bits per heavy atom. The van der Waals surface area contributed by atoms with Gasteiger partial charge in [0.2, 0.25) is 0 Å². The van der Waals surface area contributed by atoms with Crippen LogP contribution in [0.2, 0.25) is 0 Å². The maximum Gasteiger partial charge on any atom is 0.274 e. The molecule has 2 aromatic rings. The number of likely N-dealkylation sites (tertiary alicyclic amines) is 1. The van der Waals surface area contributed by atoms with Crippen molar-refractivity contribution in [2.75, 3.05) is 39.3 Å². The minimum absolute atomic E-state index is 0. The number of carbonyl (C=O) groups is 1. The summed E-state index contributed by atoms with van der Waals surface area (Å²) in [6.07, 6.45) is 3.69. The summed E-state index contributed by atoms with van der Waals surface area (Å²) in [5.74, 6) is -0.284. The zero-order valence-corrected chi connectivity index (χ0v) is 18.2. The Balaban J connectivity index is 0.00000218. The van der Waals surface area contributed by atoms with Crippen molar-refractivity contribution in [1.29, 1.82) is 0 Å². The van der Waals surface area contributed by atoms with Gasteiger partial charge in [0.15, 0.2) is 5.69 Å². The number of aryl methyl sites for hydroxylation is 1. The standard InChI is InChI=1S/C22H28FN5O.ClH/c1-15-5-6-20(18(23)13-15)28-19-4-2-3-17(19)21(25-28)22(29)27-10-7-16(14-27)26-11-8-24-9-12-26;/h5-6,13,16,24H,2-4,7-12,14H2,1H3;1H. The van der Waals surface area contributed by atoms with Crippen molar-refractivity contribution in [2.45, 2.75) is 38.6 Å². The van der Waals surface area contributed by atoms with E-state index in [-0.39, 0.29) is 24.1 Å². The summed E-state index contributed by atoms with van der Waals surface area (Å²) in [5.41, 5.74) is 3.85. The Kier molecular flexibility index (Phi) is 6.14. The van der Waals surface area contributed by atoms with E-state index in [1.54, 1.807) is 10.7 Å². The number of amides is 1. The van der Waals surface area contributed by atoms with Gasteiger partial charge in [0.05, 0.1) is 0 Å². The first kappa shape index (κ1) is 21.3. The number of fused-ring (bicyclic) bond motifs is 1. The predicted octanol–water partition coefficient (Wildman–Crippen LogP) is 2.35. The van der Waals surface area contributed by atoms with Crippen molar-refractivity contribution in [2.24, 2.45) is 0 Å². The molecule has 30 heavy (non-hydrogen) atoms. The number of nitrogens with one attached hydrogen (secondary N) is 1. The van der Waals surface area contributed by atoms with Gasteiger partial charge in [0.1, 0.15) is 11.5 Å². The van der Waals surface area contributed by atoms with E-state index in [0.29, 0.717) is 17.4 Å². The van der Waals surface area contributed by atoms with Gasteiger partial charge in [0.25, 0.3) is 5.91 Å². The van der Waals surface area contributed by atoms with Crippen molar-refractivity contribution in [3.63, 3.8) is 0 Å². The third-order valence-corrected chi connectivity index (χ3v) is 6.58. The van der Waals surface area contributed by atoms with Crippen LogP contribution in [-0.2, 0) is 12.8 Å². The fourth-order valence-corrected chi connectivity index (χ4v) is 5.01. The molecule has 0 spiro atoms. The van der Waals surface area contributed by atoms with Crippen molar-refractivity contribution in [3.8, 4) is 5.69 Å². The molecule has 2 aliphatic heterocycles. The second-order valence-corrected chi connectivity index (χ2v) is 8.47. The number of halogens is 2. The first-order chi connectivity index (χ1) is 14.1. The summed E-state index contributed by atoms with van der Waals surface area (Å²) in [5, 5.41) is 8.02. The molecule has 0 saturated carbocycles. The first-order valence-electron chi connectivity index (χ1n) is 10.7. The maximum atomic E-state index is 14.6. The predicted molar refractivity (Wildman–Crippen MR) is 116 cm³/mol. The van der Waals surface area contributed by atoms with Gasteiger partial charge in [-0.25, -0.2) is 9.07 Å². The molecular formula is C22H29ClFN5O. The lowest BCUT2D eigenvalue weighted by Gasteiger charge is -2.32. The van der Waals surface area contributed by atoms with Crippen LogP contribution in [0.3, 0.4) is 0 Å². The van der Waals surface area contributed by atoms with Crippen LogP contribution >= 0.6 is 12.4 Å². The summed E-state index contributed by atoms with van der Waals surface area (Å²) >= 11 is 0. The monoisotopic (exact) mass is 433 g/mol. The fourth-order valence-electron chi connectivity index (χ4n) is 5.01. The maximum absolute atomic E-state index is 14.6. The average Bonchev–Trinajstić information content (AvgIpc) is 3.45. The number of hydrogen-bond acceptors (Lipinski definition) is 4. The van der Waals surface area contributed by atoms with Gasteiger partial charge in [-0.3, -0.25) is 9.69 Å². The van der Waals surface area contributed by atoms with Gasteiger partial charge in [-0.15, -0.1) is 12.4 Å². The minimum Gasteiger partial charge on any atom is -0.336 e. The van der Waals surface area contributed by atoms with Crippen LogP contribution in [0, 0.1) is 12.7 Å². The number of rotatable bonds is 3. The number of hydrogen-bond donors (Lipinski definition) is 1. The largest absolute Gasteiger partial charge is 0.336 e. The van der Waals surface area contributed by atoms with Crippen LogP contribution in [0.25, 0.3) is 5.69 Å². The zero-order chi connectivity index (χ0) is 20.0. The Morgan fingerprint density at radius 1 is 1.20 bits per heavy atom. The van der Waals surface area contributed by atoms with E-state index in [1.807, 2.05) is 17.9 Å². The lowest BCUT2D eigenvalue weighted by molar-refractivity contribution is 0.0766. The van der Waals surface area contributed by atoms with Gasteiger partial charge in [-0.05, 0) is 50.3 Å². The Morgan fingerprint density at radius 3 is 2.77 bits per heavy atom. The van der Waals surface area contributed by atoms with E-state index in [1.165, 1.54) is 6.07 Å². The summed E-state index contributed by atoms with van der Waals surface area (Å²) in [6.45, 7) is 7.53. The third-order valence-electron chi connectivity index (χ3n) is 6.58. The van der Waals surface area contributed by atoms with Crippen molar-refractivity contribution < 1.29 is 9.18 Å². The van der Waals surface area contributed by atoms with Crippen LogP contribution < -0.4 is 5.32 Å². The number of benzene rings is 1. The Hall–Kier alpha value is -1.96. The summed E-state index contributed by atoms with van der Waals surface area (Å²) < 4.78 is 16.3. The SMILES string of the molecule is Cc1ccc(-n2nc(C(=O)N3CCC(N4CCNCC4)C3)c3c2CCC3)c(F)c1.Cl. The molecule has 3 heterocycles. The Bertz CT molecular complexity index is 940. The normalized spacial score (nSPS) is 21.5. The van der Waals surface area contributed by atoms with E-state index in [2.05, 4.69) is 15.3 Å². The van der Waals surface area contributed by atoms with Crippen LogP contribution in [0.1, 0.15) is 40.2 Å². The molecule has 1 amide bonds. The number of carbonyl (C=O) groups excluding carboxylic acids is 1. The summed E-state index contributed by atoms with van der Waals surface area (Å²) in [7, 11) is 0. The molecule has 1 aromatic heterocycles. The summed E-state index contributed by atoms with van der Waals surface area (Å²) in [4.78, 5) is 17.8. The highest BCUT2D eigenvalue weighted by Crippen LogP contribution is 2.30. The average molecular weight is 434 g/mol. The van der Waals surface area contributed by atoms with Gasteiger partial charge < -0.3 is 10.2 Å². The van der Waals surface area contributed by atoms with E-state index in [4.69, 9.17) is 0 Å². The van der Waals surface area contributed by atoms with Crippen molar-refractivity contribution >= 4 is 18.3 Å². The fraction of sp³-hybridized carbons (Fsp3) is 0.545. The van der Waals surface area contributed by atoms with Crippen molar-refractivity contribution in [1.82, 2.24) is 24.9 Å². The number of aromatic nitrogens is 2. The molecule has 2 fully saturated rings. The van der Waals surface area contributed by atoms with Crippen LogP contribution in [-0.4, -0.2) is 70.8 Å². The Labute approximate surface area is 182 Å². The van der Waals surface area contributed by atoms with Gasteiger partial charge in [-0.2, -0.15) is 5.10 Å². The zero-order valence-electron chi connectivity index (χ0n) is 17.4. The lowest BCUT2D eigenvalue weighted by Crippen LogP contribution is -2.49. The second kappa shape index (κ2) is 8.65. The molecule has 0 bridgehead atoms. The highest BCUT2D eigenvalue weighted by Gasteiger charge is 2.35. The molecule has 8 heteroatoms. The summed E-state index contributed by atoms with van der Waals surface area (Å²) in [6, 6.07) is 5.62. The molecule has 3 aliphatic rings. The number of piperazine rings is 1. The highest BCUT2D eigenvalue weighted by atomic mass is 35.5. The molecule has 162 valence electrons. The third kappa shape index (κ3) is 3.74. The van der Waals surface area contributed by atoms with E-state index < -0.39 is 0 Å². The van der Waals surface area contributed by atoms with Gasteiger partial charge in [-0.1, -0.05) is 6.07 Å². The molecule has 1 unspecified atom stereocenters. The molecule has 1 aromatic carbocycles. The molecule has 1 atom stereocenters. The van der Waals surface area contributed by atoms with Gasteiger partial charge in [0, 0.05) is 56.6 Å². The molecule has 6 nitrogen and oxygen atoms in total. The first-order valence-corrected chi connectivity index (χ1v) is 10.7. The number of nitrogens with zero attached hydrogens (tertiary/aromatic N) is 4. The van der Waals surface area contributed by atoms with Gasteiger partial charge >= 0.3 is 0 Å². The van der Waals surface area contributed by atoms with E-state index in [9.17, 15) is 9.18 Å². The van der Waals surface area contributed by atoms with E-state index in [0.717, 1.165) is 81.8 Å². The molecule has 5 rings (SSSR count). The molecule has 1 N–H and O–H groups in total. The smallest absolute Gasteiger partial charge is 0.274 e. The minimum atomic E-state index is -0.291. The molecule has 0 radical (unpaired) electrons. The topological polar surface area (TPSA) is 53.4 Å². The van der Waals surface area contributed by atoms with E-state index >= 15 is 0 Å². The molecule has 1 aliphatic carbocycles. The quantitative estimate of drug-likeness (QED) is 0.807. The second-order valence-electron chi connectivity index (χ2n) is 8.47. The lowest BCUT2D eigenvalue weighted by atomic mass is 10.1. The molecule has 2 saturated heterocycles.